The van der Waals surface area contributed by atoms with Crippen molar-refractivity contribution in [3.63, 3.8) is 0 Å². The Bertz CT molecular complexity index is 642. The third-order valence-corrected chi connectivity index (χ3v) is 5.14. The highest BCUT2D eigenvalue weighted by Gasteiger charge is 2.35. The molecule has 1 aromatic carbocycles. The molecular weight excluding hydrogens is 347 g/mol. The van der Waals surface area contributed by atoms with E-state index in [2.05, 4.69) is 0 Å². The minimum Gasteiger partial charge on any atom is -0.481 e. The first-order chi connectivity index (χ1) is 12.1. The molecule has 1 amide bonds. The van der Waals surface area contributed by atoms with Gasteiger partial charge in [-0.1, -0.05) is 26.0 Å². The Morgan fingerprint density at radius 2 is 1.88 bits per heavy atom. The van der Waals surface area contributed by atoms with Crippen molar-refractivity contribution in [1.82, 2.24) is 4.90 Å². The number of amides is 1. The van der Waals surface area contributed by atoms with Crippen molar-refractivity contribution in [2.45, 2.75) is 39.3 Å². The van der Waals surface area contributed by atoms with E-state index < -0.39 is 23.6 Å². The summed E-state index contributed by atoms with van der Waals surface area (Å²) in [7, 11) is 0. The molecule has 0 spiro atoms. The Hall–Kier alpha value is -2.05. The number of nitrogens with zero attached hydrogens (tertiary/aromatic N) is 1. The number of carbonyl (C=O) groups is 2. The summed E-state index contributed by atoms with van der Waals surface area (Å²) in [5, 5.41) is 9.18. The van der Waals surface area contributed by atoms with E-state index in [0.717, 1.165) is 12.1 Å². The zero-order chi connectivity index (χ0) is 19.5. The summed E-state index contributed by atoms with van der Waals surface area (Å²) >= 11 is 0. The molecule has 0 saturated carbocycles. The van der Waals surface area contributed by atoms with Crippen LogP contribution in [0.4, 0.5) is 13.2 Å². The van der Waals surface area contributed by atoms with Gasteiger partial charge in [-0.2, -0.15) is 13.2 Å². The number of hydrogen-bond acceptors (Lipinski definition) is 2. The second-order valence-electron chi connectivity index (χ2n) is 7.00. The van der Waals surface area contributed by atoms with Gasteiger partial charge in [-0.3, -0.25) is 9.59 Å². The highest BCUT2D eigenvalue weighted by molar-refractivity contribution is 5.79. The van der Waals surface area contributed by atoms with E-state index in [9.17, 15) is 27.9 Å². The number of piperidine rings is 1. The topological polar surface area (TPSA) is 57.6 Å². The summed E-state index contributed by atoms with van der Waals surface area (Å²) in [6.45, 7) is 4.51. The van der Waals surface area contributed by atoms with Gasteiger partial charge >= 0.3 is 12.1 Å². The van der Waals surface area contributed by atoms with E-state index in [1.54, 1.807) is 4.90 Å². The number of carboxylic acids is 1. The van der Waals surface area contributed by atoms with Crippen LogP contribution in [0.5, 0.6) is 0 Å². The Morgan fingerprint density at radius 3 is 2.35 bits per heavy atom. The minimum absolute atomic E-state index is 0.0527. The fourth-order valence-electron chi connectivity index (χ4n) is 3.49. The largest absolute Gasteiger partial charge is 0.481 e. The van der Waals surface area contributed by atoms with E-state index in [1.165, 1.54) is 12.1 Å². The second kappa shape index (κ2) is 8.10. The van der Waals surface area contributed by atoms with Crippen LogP contribution in [0.25, 0.3) is 0 Å². The van der Waals surface area contributed by atoms with E-state index in [1.807, 2.05) is 13.8 Å². The summed E-state index contributed by atoms with van der Waals surface area (Å²) in [4.78, 5) is 25.7. The minimum atomic E-state index is -4.37. The number of carbonyl (C=O) groups excluding carboxylic acids is 1. The van der Waals surface area contributed by atoms with Crippen LogP contribution in [0.3, 0.4) is 0 Å². The molecule has 144 valence electrons. The lowest BCUT2D eigenvalue weighted by Crippen LogP contribution is -2.47. The predicted octanol–water partition coefficient (Wildman–Crippen LogP) is 3.84. The van der Waals surface area contributed by atoms with Gasteiger partial charge < -0.3 is 10.0 Å². The number of likely N-dealkylation sites (tertiary alicyclic amines) is 1. The fourth-order valence-corrected chi connectivity index (χ4v) is 3.49. The Morgan fingerprint density at radius 1 is 1.27 bits per heavy atom. The number of aliphatic carboxylic acids is 1. The third-order valence-electron chi connectivity index (χ3n) is 5.14. The number of rotatable bonds is 5. The van der Waals surface area contributed by atoms with Crippen molar-refractivity contribution in [2.24, 2.45) is 17.8 Å². The standard InChI is InChI=1S/C19H24F3NO3/c1-3-14(10-13-4-6-15(7-5-13)19(20,21)22)17(24)23-9-8-16(18(25)26)12(2)11-23/h4-7,12,14,16H,3,8-11H2,1-2H3,(H,25,26). The average molecular weight is 371 g/mol. The van der Waals surface area contributed by atoms with E-state index in [4.69, 9.17) is 0 Å². The molecule has 4 nitrogen and oxygen atoms in total. The summed E-state index contributed by atoms with van der Waals surface area (Å²) in [5.74, 6) is -1.76. The molecular formula is C19H24F3NO3. The number of halogens is 3. The molecule has 0 aromatic heterocycles. The summed E-state index contributed by atoms with van der Waals surface area (Å²) in [5.41, 5.74) is -0.0168. The van der Waals surface area contributed by atoms with Crippen LogP contribution in [0.15, 0.2) is 24.3 Å². The first kappa shape index (κ1) is 20.3. The smallest absolute Gasteiger partial charge is 0.416 e. The lowest BCUT2D eigenvalue weighted by atomic mass is 9.86. The van der Waals surface area contributed by atoms with Crippen LogP contribution in [0.1, 0.15) is 37.8 Å². The zero-order valence-electron chi connectivity index (χ0n) is 14.9. The van der Waals surface area contributed by atoms with Crippen LogP contribution in [-0.4, -0.2) is 35.0 Å². The molecule has 1 saturated heterocycles. The maximum atomic E-state index is 12.8. The number of hydrogen-bond donors (Lipinski definition) is 1. The summed E-state index contributed by atoms with van der Waals surface area (Å²) in [6, 6.07) is 4.90. The van der Waals surface area contributed by atoms with Crippen LogP contribution in [0.2, 0.25) is 0 Å². The highest BCUT2D eigenvalue weighted by atomic mass is 19.4. The van der Waals surface area contributed by atoms with E-state index in [-0.39, 0.29) is 17.7 Å². The van der Waals surface area contributed by atoms with Crippen LogP contribution in [-0.2, 0) is 22.2 Å². The van der Waals surface area contributed by atoms with Crippen molar-refractivity contribution >= 4 is 11.9 Å². The molecule has 0 aliphatic carbocycles. The summed E-state index contributed by atoms with van der Waals surface area (Å²) < 4.78 is 37.9. The van der Waals surface area contributed by atoms with Crippen molar-refractivity contribution in [3.8, 4) is 0 Å². The highest BCUT2D eigenvalue weighted by Crippen LogP contribution is 2.30. The monoisotopic (exact) mass is 371 g/mol. The first-order valence-corrected chi connectivity index (χ1v) is 8.81. The predicted molar refractivity (Wildman–Crippen MR) is 90.4 cm³/mol. The van der Waals surface area contributed by atoms with E-state index in [0.29, 0.717) is 37.9 Å². The van der Waals surface area contributed by atoms with Crippen LogP contribution in [0, 0.1) is 17.8 Å². The quantitative estimate of drug-likeness (QED) is 0.856. The molecule has 0 bridgehead atoms. The molecule has 26 heavy (non-hydrogen) atoms. The SMILES string of the molecule is CCC(Cc1ccc(C(F)(F)F)cc1)C(=O)N1CCC(C(=O)O)C(C)C1. The maximum absolute atomic E-state index is 12.8. The maximum Gasteiger partial charge on any atom is 0.416 e. The van der Waals surface area contributed by atoms with Crippen LogP contribution >= 0.6 is 0 Å². The van der Waals surface area contributed by atoms with Gasteiger partial charge in [-0.05, 0) is 42.9 Å². The molecule has 1 N–H and O–H groups in total. The molecule has 3 unspecified atom stereocenters. The van der Waals surface area contributed by atoms with Gasteiger partial charge in [0.2, 0.25) is 5.91 Å². The molecule has 3 atom stereocenters. The molecule has 1 fully saturated rings. The van der Waals surface area contributed by atoms with Gasteiger partial charge in [0.15, 0.2) is 0 Å². The van der Waals surface area contributed by atoms with E-state index >= 15 is 0 Å². The van der Waals surface area contributed by atoms with Gasteiger partial charge in [0.25, 0.3) is 0 Å². The molecule has 7 heteroatoms. The third kappa shape index (κ3) is 4.77. The number of alkyl halides is 3. The van der Waals surface area contributed by atoms with Gasteiger partial charge in [0.1, 0.15) is 0 Å². The number of benzene rings is 1. The Labute approximate surface area is 151 Å². The second-order valence-corrected chi connectivity index (χ2v) is 7.00. The summed E-state index contributed by atoms with van der Waals surface area (Å²) in [6.07, 6.45) is -2.99. The zero-order valence-corrected chi connectivity index (χ0v) is 14.9. The van der Waals surface area contributed by atoms with Gasteiger partial charge in [0.05, 0.1) is 11.5 Å². The van der Waals surface area contributed by atoms with Gasteiger partial charge in [0, 0.05) is 19.0 Å². The Kier molecular flexibility index (Phi) is 6.31. The Balaban J connectivity index is 2.02. The molecule has 0 radical (unpaired) electrons. The fraction of sp³-hybridized carbons (Fsp3) is 0.579. The lowest BCUT2D eigenvalue weighted by molar-refractivity contribution is -0.149. The number of carboxylic acid groups (broad SMARTS) is 1. The molecule has 2 rings (SSSR count). The molecule has 1 aliphatic heterocycles. The van der Waals surface area contributed by atoms with Crippen LogP contribution < -0.4 is 0 Å². The van der Waals surface area contributed by atoms with Gasteiger partial charge in [-0.15, -0.1) is 0 Å². The lowest BCUT2D eigenvalue weighted by Gasteiger charge is -2.36. The molecule has 1 aromatic rings. The molecule has 1 aliphatic rings. The van der Waals surface area contributed by atoms with Crippen molar-refractivity contribution < 1.29 is 27.9 Å². The van der Waals surface area contributed by atoms with Crippen molar-refractivity contribution in [3.05, 3.63) is 35.4 Å². The van der Waals surface area contributed by atoms with Crippen molar-refractivity contribution in [1.29, 1.82) is 0 Å². The van der Waals surface area contributed by atoms with Crippen molar-refractivity contribution in [2.75, 3.05) is 13.1 Å². The first-order valence-electron chi connectivity index (χ1n) is 8.81. The average Bonchev–Trinajstić information content (AvgIpc) is 2.58. The molecule has 1 heterocycles. The normalized spacial score (nSPS) is 22.1. The van der Waals surface area contributed by atoms with Gasteiger partial charge in [-0.25, -0.2) is 0 Å².